The van der Waals surface area contributed by atoms with Gasteiger partial charge in [0.25, 0.3) is 0 Å². The molecule has 0 aliphatic rings. The maximum atomic E-state index is 13.1. The number of thiazole rings is 1. The molecule has 0 bridgehead atoms. The van der Waals surface area contributed by atoms with Crippen LogP contribution in [-0.2, 0) is 6.42 Å². The Hall–Kier alpha value is -1.26. The van der Waals surface area contributed by atoms with Gasteiger partial charge in [-0.15, -0.1) is 11.3 Å². The van der Waals surface area contributed by atoms with Gasteiger partial charge in [-0.3, -0.25) is 0 Å². The van der Waals surface area contributed by atoms with E-state index in [1.807, 2.05) is 25.3 Å². The zero-order valence-corrected chi connectivity index (χ0v) is 11.4. The van der Waals surface area contributed by atoms with Crippen molar-refractivity contribution in [3.05, 3.63) is 40.5 Å². The Bertz CT molecular complexity index is 529. The third kappa shape index (κ3) is 3.62. The number of hydrogen-bond donors (Lipinski definition) is 1. The summed E-state index contributed by atoms with van der Waals surface area (Å²) in [6.07, 6.45) is 1.76. The van der Waals surface area contributed by atoms with Gasteiger partial charge in [0.2, 0.25) is 0 Å². The quantitative estimate of drug-likeness (QED) is 0.916. The van der Waals surface area contributed by atoms with Crippen molar-refractivity contribution in [2.75, 3.05) is 0 Å². The first kappa shape index (κ1) is 13.2. The lowest BCUT2D eigenvalue weighted by atomic mass is 10.0. The third-order valence-corrected chi connectivity index (χ3v) is 3.56. The van der Waals surface area contributed by atoms with Crippen LogP contribution in [0.5, 0.6) is 0 Å². The Labute approximate surface area is 111 Å². The molecule has 0 fully saturated rings. The molecule has 2 N–H and O–H groups in total. The van der Waals surface area contributed by atoms with Gasteiger partial charge in [-0.05, 0) is 32.4 Å². The highest BCUT2D eigenvalue weighted by atomic mass is 32.1. The Balaban J connectivity index is 2.11. The fraction of sp³-hybridized carbons (Fsp3) is 0.357. The molecule has 1 aromatic heterocycles. The molecule has 96 valence electrons. The predicted octanol–water partition coefficient (Wildman–Crippen LogP) is 3.62. The summed E-state index contributed by atoms with van der Waals surface area (Å²) in [5, 5.41) is 3.01. The van der Waals surface area contributed by atoms with Crippen LogP contribution in [0, 0.1) is 5.82 Å². The number of halogens is 1. The van der Waals surface area contributed by atoms with Gasteiger partial charge in [-0.25, -0.2) is 9.37 Å². The molecule has 18 heavy (non-hydrogen) atoms. The molecule has 2 nitrogen and oxygen atoms in total. The first-order valence-electron chi connectivity index (χ1n) is 5.93. The molecule has 2 aromatic rings. The molecule has 0 atom stereocenters. The van der Waals surface area contributed by atoms with E-state index < -0.39 is 0 Å². The number of rotatable bonds is 4. The molecular formula is C14H17FN2S. The molecule has 1 aromatic carbocycles. The van der Waals surface area contributed by atoms with Crippen molar-refractivity contribution in [2.24, 2.45) is 5.73 Å². The van der Waals surface area contributed by atoms with Gasteiger partial charge in [0, 0.05) is 22.9 Å². The van der Waals surface area contributed by atoms with E-state index in [2.05, 4.69) is 4.98 Å². The Kier molecular flexibility index (Phi) is 3.78. The number of benzene rings is 1. The molecule has 2 rings (SSSR count). The van der Waals surface area contributed by atoms with Gasteiger partial charge >= 0.3 is 0 Å². The minimum Gasteiger partial charge on any atom is -0.326 e. The number of aromatic nitrogens is 1. The zero-order chi connectivity index (χ0) is 13.2. The largest absolute Gasteiger partial charge is 0.326 e. The van der Waals surface area contributed by atoms with Gasteiger partial charge < -0.3 is 5.73 Å². The lowest BCUT2D eigenvalue weighted by Crippen LogP contribution is -2.32. The molecule has 0 aliphatic heterocycles. The first-order chi connectivity index (χ1) is 8.44. The molecule has 1 heterocycles. The van der Waals surface area contributed by atoms with Crippen LogP contribution in [0.1, 0.15) is 25.3 Å². The second-order valence-electron chi connectivity index (χ2n) is 5.13. The van der Waals surface area contributed by atoms with Crippen LogP contribution in [0.3, 0.4) is 0 Å². The summed E-state index contributed by atoms with van der Waals surface area (Å²) in [5.41, 5.74) is 7.43. The van der Waals surface area contributed by atoms with Crippen LogP contribution in [0.15, 0.2) is 29.6 Å². The fourth-order valence-corrected chi connectivity index (χ4v) is 2.44. The van der Waals surface area contributed by atoms with Crippen LogP contribution in [-0.4, -0.2) is 10.5 Å². The fourth-order valence-electron chi connectivity index (χ4n) is 1.64. The smallest absolute Gasteiger partial charge is 0.123 e. The molecule has 0 saturated heterocycles. The van der Waals surface area contributed by atoms with Crippen molar-refractivity contribution >= 4 is 11.3 Å². The topological polar surface area (TPSA) is 38.9 Å². The second kappa shape index (κ2) is 5.16. The summed E-state index contributed by atoms with van der Waals surface area (Å²) >= 11 is 1.60. The molecule has 0 saturated carbocycles. The maximum Gasteiger partial charge on any atom is 0.123 e. The monoisotopic (exact) mass is 264 g/mol. The van der Waals surface area contributed by atoms with Crippen molar-refractivity contribution in [3.63, 3.8) is 0 Å². The highest BCUT2D eigenvalue weighted by Crippen LogP contribution is 2.24. The average Bonchev–Trinajstić information content (AvgIpc) is 2.74. The predicted molar refractivity (Wildman–Crippen MR) is 74.1 cm³/mol. The Morgan fingerprint density at radius 1 is 1.39 bits per heavy atom. The van der Waals surface area contributed by atoms with E-state index in [1.54, 1.807) is 17.4 Å². The van der Waals surface area contributed by atoms with Crippen LogP contribution in [0.4, 0.5) is 4.39 Å². The van der Waals surface area contributed by atoms with E-state index >= 15 is 0 Å². The number of aryl methyl sites for hydroxylation is 1. The summed E-state index contributed by atoms with van der Waals surface area (Å²) in [6.45, 7) is 4.02. The second-order valence-corrected chi connectivity index (χ2v) is 6.07. The van der Waals surface area contributed by atoms with Crippen LogP contribution in [0.25, 0.3) is 11.3 Å². The lowest BCUT2D eigenvalue weighted by Gasteiger charge is -2.16. The number of nitrogens with two attached hydrogens (primary N) is 1. The summed E-state index contributed by atoms with van der Waals surface area (Å²) in [6, 6.07) is 6.51. The maximum absolute atomic E-state index is 13.1. The standard InChI is InChI=1S/C14H17FN2S/c1-14(2,16)7-6-13-17-12(9-18-13)10-4-3-5-11(15)8-10/h3-5,8-9H,6-7,16H2,1-2H3. The van der Waals surface area contributed by atoms with Gasteiger partial charge in [-0.2, -0.15) is 0 Å². The highest BCUT2D eigenvalue weighted by molar-refractivity contribution is 7.09. The third-order valence-electron chi connectivity index (χ3n) is 2.66. The van der Waals surface area contributed by atoms with Gasteiger partial charge in [0.1, 0.15) is 5.82 Å². The molecule has 0 unspecified atom stereocenters. The average molecular weight is 264 g/mol. The minimum absolute atomic E-state index is 0.176. The summed E-state index contributed by atoms with van der Waals surface area (Å²) in [4.78, 5) is 4.52. The van der Waals surface area contributed by atoms with E-state index in [9.17, 15) is 4.39 Å². The summed E-state index contributed by atoms with van der Waals surface area (Å²) in [7, 11) is 0. The van der Waals surface area contributed by atoms with E-state index in [-0.39, 0.29) is 11.4 Å². The normalized spacial score (nSPS) is 11.8. The molecule has 0 spiro atoms. The van der Waals surface area contributed by atoms with E-state index in [4.69, 9.17) is 5.73 Å². The van der Waals surface area contributed by atoms with E-state index in [1.165, 1.54) is 12.1 Å². The zero-order valence-electron chi connectivity index (χ0n) is 10.6. The highest BCUT2D eigenvalue weighted by Gasteiger charge is 2.12. The molecular weight excluding hydrogens is 247 g/mol. The van der Waals surface area contributed by atoms with E-state index in [0.717, 1.165) is 29.1 Å². The van der Waals surface area contributed by atoms with Crippen LogP contribution in [0.2, 0.25) is 0 Å². The van der Waals surface area contributed by atoms with Crippen LogP contribution >= 0.6 is 11.3 Å². The Morgan fingerprint density at radius 3 is 2.83 bits per heavy atom. The van der Waals surface area contributed by atoms with Crippen molar-refractivity contribution < 1.29 is 4.39 Å². The Morgan fingerprint density at radius 2 is 2.17 bits per heavy atom. The van der Waals surface area contributed by atoms with Gasteiger partial charge in [-0.1, -0.05) is 12.1 Å². The SMILES string of the molecule is CC(C)(N)CCc1nc(-c2cccc(F)c2)cs1. The first-order valence-corrected chi connectivity index (χ1v) is 6.81. The summed E-state index contributed by atoms with van der Waals surface area (Å²) in [5.74, 6) is -0.231. The van der Waals surface area contributed by atoms with Crippen molar-refractivity contribution in [1.82, 2.24) is 4.98 Å². The van der Waals surface area contributed by atoms with Crippen molar-refractivity contribution in [2.45, 2.75) is 32.2 Å². The van der Waals surface area contributed by atoms with Crippen molar-refractivity contribution in [3.8, 4) is 11.3 Å². The summed E-state index contributed by atoms with van der Waals surface area (Å²) < 4.78 is 13.1. The molecule has 0 aliphatic carbocycles. The van der Waals surface area contributed by atoms with Crippen molar-refractivity contribution in [1.29, 1.82) is 0 Å². The van der Waals surface area contributed by atoms with Gasteiger partial charge in [0.15, 0.2) is 0 Å². The molecule has 4 heteroatoms. The van der Waals surface area contributed by atoms with E-state index in [0.29, 0.717) is 0 Å². The number of nitrogens with zero attached hydrogens (tertiary/aromatic N) is 1. The minimum atomic E-state index is -0.231. The number of hydrogen-bond acceptors (Lipinski definition) is 3. The van der Waals surface area contributed by atoms with Gasteiger partial charge in [0.05, 0.1) is 10.7 Å². The molecule has 0 amide bonds. The van der Waals surface area contributed by atoms with Crippen LogP contribution < -0.4 is 5.73 Å². The lowest BCUT2D eigenvalue weighted by molar-refractivity contribution is 0.476. The molecule has 0 radical (unpaired) electrons.